The minimum atomic E-state index is -0.303. The van der Waals surface area contributed by atoms with Gasteiger partial charge in [0.25, 0.3) is 5.91 Å². The van der Waals surface area contributed by atoms with Crippen LogP contribution in [0.2, 0.25) is 0 Å². The lowest BCUT2D eigenvalue weighted by Gasteiger charge is -2.19. The summed E-state index contributed by atoms with van der Waals surface area (Å²) in [6, 6.07) is 12.0. The first-order chi connectivity index (χ1) is 15.3. The summed E-state index contributed by atoms with van der Waals surface area (Å²) in [6.45, 7) is 7.92. The van der Waals surface area contributed by atoms with E-state index < -0.39 is 0 Å². The van der Waals surface area contributed by atoms with Gasteiger partial charge in [0.2, 0.25) is 0 Å². The maximum absolute atomic E-state index is 12.4. The van der Waals surface area contributed by atoms with Crippen molar-refractivity contribution < 1.29 is 4.79 Å². The van der Waals surface area contributed by atoms with Gasteiger partial charge in [-0.05, 0) is 51.5 Å². The fraction of sp³-hybridized carbons (Fsp3) is 0.261. The standard InChI is InChI=1S/C23H24N6OS2/c1-15-7-5-6-8-18(15)29-20(16-9-11-24-12-10-16)27-28-22(29)32-14-19-25-17(13-31-19)21(30)26-23(2,3)4/h5-13H,14H2,1-4H3,(H,26,30). The van der Waals surface area contributed by atoms with Crippen LogP contribution in [0.15, 0.2) is 59.3 Å². The van der Waals surface area contributed by atoms with Crippen molar-refractivity contribution >= 4 is 29.0 Å². The minimum absolute atomic E-state index is 0.159. The van der Waals surface area contributed by atoms with Crippen LogP contribution < -0.4 is 5.32 Å². The number of thiazole rings is 1. The summed E-state index contributed by atoms with van der Waals surface area (Å²) in [7, 11) is 0. The summed E-state index contributed by atoms with van der Waals surface area (Å²) >= 11 is 3.02. The number of nitrogens with one attached hydrogen (secondary N) is 1. The first-order valence-electron chi connectivity index (χ1n) is 10.1. The van der Waals surface area contributed by atoms with Crippen LogP contribution in [0, 0.1) is 6.92 Å². The van der Waals surface area contributed by atoms with Crippen LogP contribution in [-0.4, -0.2) is 36.2 Å². The van der Waals surface area contributed by atoms with Crippen LogP contribution in [-0.2, 0) is 5.75 Å². The summed E-state index contributed by atoms with van der Waals surface area (Å²) in [5, 5.41) is 15.3. The number of aryl methyl sites for hydroxylation is 1. The van der Waals surface area contributed by atoms with Crippen molar-refractivity contribution in [3.63, 3.8) is 0 Å². The molecule has 7 nitrogen and oxygen atoms in total. The molecule has 3 aromatic heterocycles. The Bertz CT molecular complexity index is 1230. The molecule has 0 atom stereocenters. The van der Waals surface area contributed by atoms with Gasteiger partial charge in [-0.15, -0.1) is 21.5 Å². The Morgan fingerprint density at radius 3 is 2.59 bits per heavy atom. The second-order valence-corrected chi connectivity index (χ2v) is 10.2. The molecule has 3 heterocycles. The number of nitrogens with zero attached hydrogens (tertiary/aromatic N) is 5. The maximum atomic E-state index is 12.4. The molecule has 32 heavy (non-hydrogen) atoms. The zero-order valence-electron chi connectivity index (χ0n) is 18.4. The number of rotatable bonds is 6. The van der Waals surface area contributed by atoms with Gasteiger partial charge in [-0.25, -0.2) is 4.98 Å². The molecular weight excluding hydrogens is 440 g/mol. The van der Waals surface area contributed by atoms with Crippen molar-refractivity contribution in [3.8, 4) is 17.1 Å². The smallest absolute Gasteiger partial charge is 0.271 e. The molecule has 0 radical (unpaired) electrons. The van der Waals surface area contributed by atoms with Crippen molar-refractivity contribution in [2.45, 2.75) is 44.1 Å². The highest BCUT2D eigenvalue weighted by molar-refractivity contribution is 7.98. The van der Waals surface area contributed by atoms with Crippen molar-refractivity contribution in [1.82, 2.24) is 30.0 Å². The highest BCUT2D eigenvalue weighted by Crippen LogP contribution is 2.31. The molecule has 0 bridgehead atoms. The van der Waals surface area contributed by atoms with Gasteiger partial charge in [-0.1, -0.05) is 30.0 Å². The van der Waals surface area contributed by atoms with E-state index >= 15 is 0 Å². The lowest BCUT2D eigenvalue weighted by Crippen LogP contribution is -2.40. The van der Waals surface area contributed by atoms with E-state index in [1.807, 2.05) is 45.0 Å². The predicted molar refractivity (Wildman–Crippen MR) is 128 cm³/mol. The third kappa shape index (κ3) is 5.05. The van der Waals surface area contributed by atoms with E-state index in [2.05, 4.69) is 49.1 Å². The topological polar surface area (TPSA) is 85.6 Å². The summed E-state index contributed by atoms with van der Waals surface area (Å²) in [5.74, 6) is 1.19. The molecule has 0 aliphatic carbocycles. The predicted octanol–water partition coefficient (Wildman–Crippen LogP) is 4.91. The van der Waals surface area contributed by atoms with Gasteiger partial charge in [-0.3, -0.25) is 14.3 Å². The van der Waals surface area contributed by atoms with E-state index in [-0.39, 0.29) is 11.4 Å². The third-order valence-electron chi connectivity index (χ3n) is 4.53. The highest BCUT2D eigenvalue weighted by Gasteiger charge is 2.20. The quantitative estimate of drug-likeness (QED) is 0.408. The molecule has 0 saturated carbocycles. The number of para-hydroxylation sites is 1. The van der Waals surface area contributed by atoms with E-state index in [0.717, 1.165) is 32.8 Å². The van der Waals surface area contributed by atoms with Gasteiger partial charge in [0.1, 0.15) is 10.7 Å². The Morgan fingerprint density at radius 2 is 1.88 bits per heavy atom. The summed E-state index contributed by atoms with van der Waals surface area (Å²) in [6.07, 6.45) is 3.50. The zero-order chi connectivity index (χ0) is 22.7. The molecule has 0 fully saturated rings. The molecule has 0 aliphatic heterocycles. The molecule has 0 unspecified atom stereocenters. The van der Waals surface area contributed by atoms with Gasteiger partial charge in [-0.2, -0.15) is 0 Å². The second-order valence-electron chi connectivity index (χ2n) is 8.28. The van der Waals surface area contributed by atoms with Crippen LogP contribution in [0.3, 0.4) is 0 Å². The molecule has 0 spiro atoms. The molecule has 0 saturated heterocycles. The second kappa shape index (κ2) is 9.22. The molecule has 1 N–H and O–H groups in total. The SMILES string of the molecule is Cc1ccccc1-n1c(SCc2nc(C(=O)NC(C)(C)C)cs2)nnc1-c1ccncc1. The van der Waals surface area contributed by atoms with Crippen LogP contribution >= 0.6 is 23.1 Å². The Labute approximate surface area is 195 Å². The van der Waals surface area contributed by atoms with Gasteiger partial charge >= 0.3 is 0 Å². The number of carbonyl (C=O) groups excluding carboxylic acids is 1. The largest absolute Gasteiger partial charge is 0.346 e. The normalized spacial score (nSPS) is 11.5. The first kappa shape index (κ1) is 22.2. The van der Waals surface area contributed by atoms with Crippen molar-refractivity contribution in [1.29, 1.82) is 0 Å². The van der Waals surface area contributed by atoms with Gasteiger partial charge in [0, 0.05) is 28.9 Å². The number of benzene rings is 1. The van der Waals surface area contributed by atoms with E-state index in [4.69, 9.17) is 0 Å². The zero-order valence-corrected chi connectivity index (χ0v) is 20.0. The monoisotopic (exact) mass is 464 g/mol. The highest BCUT2D eigenvalue weighted by atomic mass is 32.2. The van der Waals surface area contributed by atoms with E-state index in [1.165, 1.54) is 11.3 Å². The molecule has 0 aliphatic rings. The molecular formula is C23H24N6OS2. The van der Waals surface area contributed by atoms with E-state index in [9.17, 15) is 4.79 Å². The Balaban J connectivity index is 1.61. The third-order valence-corrected chi connectivity index (χ3v) is 6.50. The fourth-order valence-electron chi connectivity index (χ4n) is 3.10. The lowest BCUT2D eigenvalue weighted by molar-refractivity contribution is 0.0915. The van der Waals surface area contributed by atoms with Gasteiger partial charge in [0.15, 0.2) is 11.0 Å². The molecule has 4 aromatic rings. The fourth-order valence-corrected chi connectivity index (χ4v) is 4.83. The molecule has 1 aromatic carbocycles. The van der Waals surface area contributed by atoms with Crippen LogP contribution in [0.1, 0.15) is 41.8 Å². The van der Waals surface area contributed by atoms with Crippen molar-refractivity contribution in [2.75, 3.05) is 0 Å². The number of hydrogen-bond acceptors (Lipinski definition) is 7. The van der Waals surface area contributed by atoms with Crippen LogP contribution in [0.25, 0.3) is 17.1 Å². The number of aromatic nitrogens is 5. The van der Waals surface area contributed by atoms with Crippen LogP contribution in [0.5, 0.6) is 0 Å². The number of hydrogen-bond donors (Lipinski definition) is 1. The summed E-state index contributed by atoms with van der Waals surface area (Å²) in [4.78, 5) is 21.0. The maximum Gasteiger partial charge on any atom is 0.271 e. The number of amides is 1. The lowest BCUT2D eigenvalue weighted by atomic mass is 10.1. The van der Waals surface area contributed by atoms with E-state index in [1.54, 1.807) is 29.5 Å². The van der Waals surface area contributed by atoms with Gasteiger partial charge < -0.3 is 5.32 Å². The Hall–Kier alpha value is -3.04. The molecule has 9 heteroatoms. The first-order valence-corrected chi connectivity index (χ1v) is 12.0. The molecule has 4 rings (SSSR count). The number of carbonyl (C=O) groups is 1. The van der Waals surface area contributed by atoms with Crippen molar-refractivity contribution in [2.24, 2.45) is 0 Å². The summed E-state index contributed by atoms with van der Waals surface area (Å²) in [5.41, 5.74) is 3.23. The number of pyridine rings is 1. The summed E-state index contributed by atoms with van der Waals surface area (Å²) < 4.78 is 2.07. The minimum Gasteiger partial charge on any atom is -0.346 e. The molecule has 164 valence electrons. The Morgan fingerprint density at radius 1 is 1.12 bits per heavy atom. The van der Waals surface area contributed by atoms with Crippen molar-refractivity contribution in [3.05, 3.63) is 70.4 Å². The van der Waals surface area contributed by atoms with E-state index in [0.29, 0.717) is 11.4 Å². The average Bonchev–Trinajstić information content (AvgIpc) is 3.39. The number of thioether (sulfide) groups is 1. The van der Waals surface area contributed by atoms with Gasteiger partial charge in [0.05, 0.1) is 11.4 Å². The van der Waals surface area contributed by atoms with Crippen LogP contribution in [0.4, 0.5) is 0 Å². The average molecular weight is 465 g/mol. The Kier molecular flexibility index (Phi) is 6.38. The molecule has 1 amide bonds.